The van der Waals surface area contributed by atoms with Crippen molar-refractivity contribution in [3.63, 3.8) is 0 Å². The van der Waals surface area contributed by atoms with Crippen LogP contribution in [-0.4, -0.2) is 51.8 Å². The molecular weight excluding hydrogens is 623 g/mol. The van der Waals surface area contributed by atoms with Gasteiger partial charge in [0.25, 0.3) is 14.8 Å². The molecule has 0 rings (SSSR count). The molecule has 0 N–H and O–H groups in total. The minimum absolute atomic E-state index is 0. The molecule has 0 fully saturated rings. The number of rotatable bonds is 6. The summed E-state index contributed by atoms with van der Waals surface area (Å²) in [6, 6.07) is 0. The van der Waals surface area contributed by atoms with Crippen LogP contribution in [0.2, 0.25) is 13.1 Å². The Labute approximate surface area is 186 Å². The van der Waals surface area contributed by atoms with Crippen molar-refractivity contribution in [2.24, 2.45) is 0 Å². The maximum absolute atomic E-state index is 5.14. The zero-order valence-electron chi connectivity index (χ0n) is 16.1. The largest absolute Gasteiger partial charge is 0.270 e. The van der Waals surface area contributed by atoms with Crippen LogP contribution in [0.15, 0.2) is 0 Å². The van der Waals surface area contributed by atoms with E-state index < -0.39 is 14.8 Å². The van der Waals surface area contributed by atoms with Crippen molar-refractivity contribution in [1.29, 1.82) is 0 Å². The molecule has 0 bridgehead atoms. The zero-order chi connectivity index (χ0) is 18.6. The van der Waals surface area contributed by atoms with E-state index in [0.29, 0.717) is 0 Å². The van der Waals surface area contributed by atoms with E-state index in [0.717, 1.165) is 0 Å². The first kappa shape index (κ1) is 37.0. The van der Waals surface area contributed by atoms with E-state index in [4.69, 9.17) is 44.3 Å². The molecule has 0 spiro atoms. The molecule has 0 saturated carbocycles. The average molecular weight is 661 g/mol. The third-order valence-corrected chi connectivity index (χ3v) is 9.00. The van der Waals surface area contributed by atoms with Gasteiger partial charge in [0.2, 0.25) is 0 Å². The topological polar surface area (TPSA) is 0 Å². The van der Waals surface area contributed by atoms with Crippen LogP contribution < -0.4 is 0 Å². The van der Waals surface area contributed by atoms with E-state index in [2.05, 4.69) is 41.5 Å². The summed E-state index contributed by atoms with van der Waals surface area (Å²) >= 11 is 20.6. The van der Waals surface area contributed by atoms with E-state index >= 15 is 0 Å². The summed E-state index contributed by atoms with van der Waals surface area (Å²) in [6.07, 6.45) is 8.74. The average Bonchev–Trinajstić information content (AvgIpc) is 2.42. The quantitative estimate of drug-likeness (QED) is 0.156. The Kier molecular flexibility index (Phi) is 52.7. The van der Waals surface area contributed by atoms with E-state index in [9.17, 15) is 0 Å². The molecule has 0 aliphatic rings. The van der Waals surface area contributed by atoms with Gasteiger partial charge in [-0.25, -0.2) is 0 Å². The summed E-state index contributed by atoms with van der Waals surface area (Å²) < 4.78 is 0. The van der Waals surface area contributed by atoms with Crippen molar-refractivity contribution >= 4 is 75.0 Å². The second kappa shape index (κ2) is 32.8. The first-order valence-electron chi connectivity index (χ1n) is 8.12. The van der Waals surface area contributed by atoms with Crippen LogP contribution in [0.4, 0.5) is 0 Å². The molecule has 0 aliphatic heterocycles. The molecule has 0 saturated heterocycles. The molecule has 0 aromatic carbocycles. The second-order valence-electron chi connectivity index (χ2n) is 4.52. The van der Waals surface area contributed by atoms with Gasteiger partial charge >= 0.3 is 0 Å². The maximum Gasteiger partial charge on any atom is 0.270 e. The van der Waals surface area contributed by atoms with Gasteiger partial charge < -0.3 is 0 Å². The first-order chi connectivity index (χ1) is 10.2. The second-order valence-corrected chi connectivity index (χ2v) is 21.5. The number of hydrogen-bond donors (Lipinski definition) is 0. The third-order valence-electron chi connectivity index (χ3n) is 3.00. The molecule has 0 aliphatic carbocycles. The summed E-state index contributed by atoms with van der Waals surface area (Å²) in [4.78, 5) is 0. The van der Waals surface area contributed by atoms with Crippen molar-refractivity contribution in [1.82, 2.24) is 0 Å². The molecule has 0 amide bonds. The summed E-state index contributed by atoms with van der Waals surface area (Å²) in [7, 11) is -1.60. The van der Waals surface area contributed by atoms with E-state index in [1.807, 2.05) is 0 Å². The predicted molar refractivity (Wildman–Crippen MR) is 127 cm³/mol. The van der Waals surface area contributed by atoms with E-state index in [1.54, 1.807) is 13.1 Å². The Balaban J connectivity index is -0.0000000639. The minimum atomic E-state index is -0.935. The fourth-order valence-electron chi connectivity index (χ4n) is 1.50. The van der Waals surface area contributed by atoms with Crippen molar-refractivity contribution in [3.8, 4) is 0 Å². The SMILES string of the molecule is CC[PH+](CC)CC.CC[PH+](CC)CC.C[Si](Cl)Cl.C[Si](Cl)Cl.[Pt]. The van der Waals surface area contributed by atoms with E-state index in [-0.39, 0.29) is 36.9 Å². The van der Waals surface area contributed by atoms with E-state index in [1.165, 1.54) is 37.0 Å². The Morgan fingerprint density at radius 2 is 0.609 bits per heavy atom. The van der Waals surface area contributed by atoms with Gasteiger partial charge in [-0.1, -0.05) is 0 Å². The van der Waals surface area contributed by atoms with Crippen LogP contribution in [0.25, 0.3) is 0 Å². The summed E-state index contributed by atoms with van der Waals surface area (Å²) in [5.74, 6) is 0. The fourth-order valence-corrected chi connectivity index (χ4v) is 4.50. The summed E-state index contributed by atoms with van der Waals surface area (Å²) in [6.45, 7) is 17.4. The van der Waals surface area contributed by atoms with Crippen LogP contribution in [-0.2, 0) is 21.1 Å². The smallest absolute Gasteiger partial charge is 0.147 e. The van der Waals surface area contributed by atoms with Crippen molar-refractivity contribution in [3.05, 3.63) is 0 Å². The molecule has 0 heterocycles. The monoisotopic (exact) mass is 659 g/mol. The van der Waals surface area contributed by atoms with Gasteiger partial charge in [-0.2, -0.15) is 0 Å². The van der Waals surface area contributed by atoms with Crippen LogP contribution in [0, 0.1) is 0 Å². The molecule has 0 atom stereocenters. The Morgan fingerprint density at radius 1 is 0.522 bits per heavy atom. The third kappa shape index (κ3) is 58.7. The first-order valence-corrected chi connectivity index (χ1v) is 20.4. The van der Waals surface area contributed by atoms with Crippen LogP contribution in [0.3, 0.4) is 0 Å². The molecular formula is C14H38Cl4P2PtSi2+2. The van der Waals surface area contributed by atoms with Gasteiger partial charge in [-0.3, -0.25) is 0 Å². The molecule has 23 heavy (non-hydrogen) atoms. The molecule has 0 unspecified atom stereocenters. The Bertz CT molecular complexity index is 142. The van der Waals surface area contributed by atoms with Crippen molar-refractivity contribution < 1.29 is 21.1 Å². The van der Waals surface area contributed by atoms with Gasteiger partial charge in [0.05, 0.1) is 37.0 Å². The van der Waals surface area contributed by atoms with Crippen LogP contribution in [0.1, 0.15) is 41.5 Å². The molecule has 0 aromatic heterocycles. The van der Waals surface area contributed by atoms with Crippen molar-refractivity contribution in [2.45, 2.75) is 54.6 Å². The maximum atomic E-state index is 5.14. The summed E-state index contributed by atoms with van der Waals surface area (Å²) in [5, 5.41) is 0. The standard InChI is InChI=1S/2C6H15P.2CH3Cl2Si.Pt/c2*1-4-7(5-2)6-3;2*1-4(2)3;/h2*4-6H2,1-3H3;2*1H3;/p+2. The number of halogens is 4. The van der Waals surface area contributed by atoms with Crippen LogP contribution in [0.5, 0.6) is 0 Å². The Morgan fingerprint density at radius 3 is 0.609 bits per heavy atom. The molecule has 9 heteroatoms. The molecule has 0 aromatic rings. The van der Waals surface area contributed by atoms with Gasteiger partial charge in [-0.15, -0.1) is 44.3 Å². The minimum Gasteiger partial charge on any atom is -0.147 e. The molecule has 0 nitrogen and oxygen atoms in total. The normalized spacial score (nSPS) is 9.39. The Hall–Kier alpha value is 3.14. The molecule has 148 valence electrons. The zero-order valence-corrected chi connectivity index (χ0v) is 25.4. The van der Waals surface area contributed by atoms with Gasteiger partial charge in [0.1, 0.15) is 0 Å². The van der Waals surface area contributed by atoms with Gasteiger partial charge in [0, 0.05) is 21.1 Å². The number of hydrogen-bond acceptors (Lipinski definition) is 0. The molecule has 2 radical (unpaired) electrons. The summed E-state index contributed by atoms with van der Waals surface area (Å²) in [5.41, 5.74) is 0. The predicted octanol–water partition coefficient (Wildman–Crippen LogP) is 7.68. The van der Waals surface area contributed by atoms with Crippen LogP contribution >= 0.6 is 60.2 Å². The fraction of sp³-hybridized carbons (Fsp3) is 1.00. The van der Waals surface area contributed by atoms with Gasteiger partial charge in [0.15, 0.2) is 0 Å². The van der Waals surface area contributed by atoms with Gasteiger partial charge in [-0.05, 0) is 70.5 Å². The van der Waals surface area contributed by atoms with Crippen molar-refractivity contribution in [2.75, 3.05) is 37.0 Å².